The zero-order chi connectivity index (χ0) is 17.3. The molecule has 3 heterocycles. The maximum absolute atomic E-state index is 12.3. The highest BCUT2D eigenvalue weighted by atomic mass is 35.5. The molecule has 130 valence electrons. The summed E-state index contributed by atoms with van der Waals surface area (Å²) in [5.41, 5.74) is 0.890. The molecule has 3 rings (SSSR count). The van der Waals surface area contributed by atoms with Crippen molar-refractivity contribution in [1.82, 2.24) is 9.97 Å². The van der Waals surface area contributed by atoms with Gasteiger partial charge in [0.15, 0.2) is 0 Å². The molecule has 2 aromatic heterocycles. The van der Waals surface area contributed by atoms with Crippen molar-refractivity contribution in [2.45, 2.75) is 40.0 Å². The van der Waals surface area contributed by atoms with E-state index in [2.05, 4.69) is 21.8 Å². The van der Waals surface area contributed by atoms with E-state index in [1.54, 1.807) is 0 Å². The standard InChI is InChI=1S/C17H22ClN3O2S/c1-4-9-23-16(22)13-11(3)12-14(19-17(18)20-15(12)24-13)21-7-5-10(2)6-8-21/h10H,4-9H2,1-3H3. The summed E-state index contributed by atoms with van der Waals surface area (Å²) in [6.07, 6.45) is 3.08. The third kappa shape index (κ3) is 3.35. The first-order valence-corrected chi connectivity index (χ1v) is 9.59. The summed E-state index contributed by atoms with van der Waals surface area (Å²) in [5.74, 6) is 1.30. The Morgan fingerprint density at radius 3 is 2.75 bits per heavy atom. The van der Waals surface area contributed by atoms with Gasteiger partial charge in [-0.1, -0.05) is 13.8 Å². The molecule has 0 unspecified atom stereocenters. The topological polar surface area (TPSA) is 55.3 Å². The number of fused-ring (bicyclic) bond motifs is 1. The van der Waals surface area contributed by atoms with Crippen LogP contribution in [0, 0.1) is 12.8 Å². The summed E-state index contributed by atoms with van der Waals surface area (Å²) in [4.78, 5) is 24.7. The van der Waals surface area contributed by atoms with Crippen molar-refractivity contribution in [2.24, 2.45) is 5.92 Å². The Kier molecular flexibility index (Phi) is 5.25. The van der Waals surface area contributed by atoms with Crippen LogP contribution < -0.4 is 4.90 Å². The Labute approximate surface area is 151 Å². The molecular weight excluding hydrogens is 346 g/mol. The molecule has 1 aliphatic heterocycles. The summed E-state index contributed by atoms with van der Waals surface area (Å²) in [7, 11) is 0. The molecule has 1 aliphatic rings. The SMILES string of the molecule is CCCOC(=O)c1sc2nc(Cl)nc(N3CCC(C)CC3)c2c1C. The molecule has 0 amide bonds. The summed E-state index contributed by atoms with van der Waals surface area (Å²) < 4.78 is 5.29. The minimum absolute atomic E-state index is 0.228. The molecule has 0 N–H and O–H groups in total. The van der Waals surface area contributed by atoms with Crippen molar-refractivity contribution in [3.63, 3.8) is 0 Å². The third-order valence-corrected chi connectivity index (χ3v) is 5.78. The van der Waals surface area contributed by atoms with Crippen LogP contribution in [0.1, 0.15) is 48.3 Å². The second-order valence-electron chi connectivity index (χ2n) is 6.36. The number of carbonyl (C=O) groups is 1. The fourth-order valence-electron chi connectivity index (χ4n) is 3.00. The second-order valence-corrected chi connectivity index (χ2v) is 7.70. The normalized spacial score (nSPS) is 15.9. The zero-order valence-electron chi connectivity index (χ0n) is 14.3. The Hall–Kier alpha value is -1.40. The number of thiophene rings is 1. The maximum atomic E-state index is 12.3. The number of aryl methyl sites for hydroxylation is 1. The number of aromatic nitrogens is 2. The number of nitrogens with zero attached hydrogens (tertiary/aromatic N) is 3. The summed E-state index contributed by atoms with van der Waals surface area (Å²) in [6, 6.07) is 0. The van der Waals surface area contributed by atoms with E-state index in [0.29, 0.717) is 11.5 Å². The van der Waals surface area contributed by atoms with E-state index >= 15 is 0 Å². The lowest BCUT2D eigenvalue weighted by atomic mass is 9.99. The fraction of sp³-hybridized carbons (Fsp3) is 0.588. The highest BCUT2D eigenvalue weighted by Crippen LogP contribution is 2.37. The first-order valence-electron chi connectivity index (χ1n) is 8.40. The number of anilines is 1. The van der Waals surface area contributed by atoms with Gasteiger partial charge in [0, 0.05) is 13.1 Å². The van der Waals surface area contributed by atoms with E-state index < -0.39 is 0 Å². The van der Waals surface area contributed by atoms with E-state index in [0.717, 1.165) is 59.9 Å². The molecule has 0 saturated carbocycles. The molecule has 0 bridgehead atoms. The Bertz CT molecular complexity index is 754. The van der Waals surface area contributed by atoms with Crippen LogP contribution in [0.3, 0.4) is 0 Å². The van der Waals surface area contributed by atoms with Gasteiger partial charge in [-0.2, -0.15) is 4.98 Å². The van der Waals surface area contributed by atoms with Crippen LogP contribution in [0.25, 0.3) is 10.2 Å². The van der Waals surface area contributed by atoms with Crippen molar-refractivity contribution in [2.75, 3.05) is 24.6 Å². The fourth-order valence-corrected chi connectivity index (χ4v) is 4.28. The van der Waals surface area contributed by atoms with Gasteiger partial charge in [0.1, 0.15) is 15.5 Å². The average Bonchev–Trinajstić information content (AvgIpc) is 2.89. The van der Waals surface area contributed by atoms with E-state index in [1.165, 1.54) is 11.3 Å². The van der Waals surface area contributed by atoms with E-state index in [-0.39, 0.29) is 11.3 Å². The molecule has 1 fully saturated rings. The lowest BCUT2D eigenvalue weighted by Crippen LogP contribution is -2.33. The quantitative estimate of drug-likeness (QED) is 0.590. The maximum Gasteiger partial charge on any atom is 0.348 e. The minimum atomic E-state index is -0.285. The number of hydrogen-bond acceptors (Lipinski definition) is 6. The van der Waals surface area contributed by atoms with Gasteiger partial charge in [0.25, 0.3) is 0 Å². The van der Waals surface area contributed by atoms with Crippen LogP contribution in [0.15, 0.2) is 0 Å². The predicted molar refractivity (Wildman–Crippen MR) is 98.3 cm³/mol. The predicted octanol–water partition coefficient (Wildman–Crippen LogP) is 4.46. The van der Waals surface area contributed by atoms with Crippen molar-refractivity contribution in [3.8, 4) is 0 Å². The van der Waals surface area contributed by atoms with Crippen molar-refractivity contribution in [1.29, 1.82) is 0 Å². The van der Waals surface area contributed by atoms with Crippen LogP contribution in [0.4, 0.5) is 5.82 Å². The Morgan fingerprint density at radius 2 is 2.08 bits per heavy atom. The summed E-state index contributed by atoms with van der Waals surface area (Å²) in [6.45, 7) is 8.52. The smallest absolute Gasteiger partial charge is 0.348 e. The molecule has 24 heavy (non-hydrogen) atoms. The number of hydrogen-bond donors (Lipinski definition) is 0. The molecule has 7 heteroatoms. The second kappa shape index (κ2) is 7.23. The van der Waals surface area contributed by atoms with Crippen molar-refractivity contribution in [3.05, 3.63) is 15.7 Å². The monoisotopic (exact) mass is 367 g/mol. The number of rotatable bonds is 4. The van der Waals surface area contributed by atoms with Crippen LogP contribution >= 0.6 is 22.9 Å². The van der Waals surface area contributed by atoms with Crippen molar-refractivity contribution < 1.29 is 9.53 Å². The first-order chi connectivity index (χ1) is 11.5. The van der Waals surface area contributed by atoms with Gasteiger partial charge in [-0.15, -0.1) is 11.3 Å². The molecular formula is C17H22ClN3O2S. The van der Waals surface area contributed by atoms with Gasteiger partial charge in [0.2, 0.25) is 5.28 Å². The number of halogens is 1. The Balaban J connectivity index is 2.03. The Morgan fingerprint density at radius 1 is 1.38 bits per heavy atom. The zero-order valence-corrected chi connectivity index (χ0v) is 15.8. The van der Waals surface area contributed by atoms with Gasteiger partial charge < -0.3 is 9.64 Å². The molecule has 1 saturated heterocycles. The highest BCUT2D eigenvalue weighted by Gasteiger charge is 2.25. The van der Waals surface area contributed by atoms with Crippen LogP contribution in [0.2, 0.25) is 5.28 Å². The van der Waals surface area contributed by atoms with Crippen LogP contribution in [-0.2, 0) is 4.74 Å². The number of carbonyl (C=O) groups excluding carboxylic acids is 1. The van der Waals surface area contributed by atoms with E-state index in [9.17, 15) is 4.79 Å². The molecule has 2 aromatic rings. The molecule has 0 spiro atoms. The van der Waals surface area contributed by atoms with Gasteiger partial charge >= 0.3 is 5.97 Å². The largest absolute Gasteiger partial charge is 0.462 e. The van der Waals surface area contributed by atoms with Crippen LogP contribution in [0.5, 0.6) is 0 Å². The number of ether oxygens (including phenoxy) is 1. The lowest BCUT2D eigenvalue weighted by molar-refractivity contribution is 0.0510. The number of esters is 1. The van der Waals surface area contributed by atoms with Gasteiger partial charge in [0.05, 0.1) is 12.0 Å². The van der Waals surface area contributed by atoms with Crippen LogP contribution in [-0.4, -0.2) is 35.6 Å². The molecule has 0 radical (unpaired) electrons. The van der Waals surface area contributed by atoms with Gasteiger partial charge in [-0.05, 0) is 49.3 Å². The molecule has 0 aliphatic carbocycles. The summed E-state index contributed by atoms with van der Waals surface area (Å²) >= 11 is 7.48. The lowest BCUT2D eigenvalue weighted by Gasteiger charge is -2.31. The minimum Gasteiger partial charge on any atom is -0.462 e. The highest BCUT2D eigenvalue weighted by molar-refractivity contribution is 7.20. The molecule has 5 nitrogen and oxygen atoms in total. The summed E-state index contributed by atoms with van der Waals surface area (Å²) in [5, 5.41) is 1.16. The first kappa shape index (κ1) is 17.4. The average molecular weight is 368 g/mol. The van der Waals surface area contributed by atoms with Crippen molar-refractivity contribution >= 4 is 44.9 Å². The third-order valence-electron chi connectivity index (χ3n) is 4.45. The number of piperidine rings is 1. The van der Waals surface area contributed by atoms with Gasteiger partial charge in [-0.3, -0.25) is 0 Å². The van der Waals surface area contributed by atoms with Gasteiger partial charge in [-0.25, -0.2) is 9.78 Å². The molecule has 0 aromatic carbocycles. The van der Waals surface area contributed by atoms with E-state index in [1.807, 2.05) is 13.8 Å². The molecule has 0 atom stereocenters. The van der Waals surface area contributed by atoms with E-state index in [4.69, 9.17) is 16.3 Å².